The van der Waals surface area contributed by atoms with Crippen molar-refractivity contribution >= 4 is 17.3 Å². The van der Waals surface area contributed by atoms with Crippen molar-refractivity contribution in [2.75, 3.05) is 24.3 Å². The number of nitrogens with two attached hydrogens (primary N) is 1. The highest BCUT2D eigenvalue weighted by Gasteiger charge is 2.09. The summed E-state index contributed by atoms with van der Waals surface area (Å²) in [5.41, 5.74) is 8.43. The molecule has 1 aromatic rings. The molecule has 0 aliphatic heterocycles. The summed E-state index contributed by atoms with van der Waals surface area (Å²) in [5, 5.41) is 3.06. The molecule has 0 saturated carbocycles. The zero-order chi connectivity index (χ0) is 12.3. The third kappa shape index (κ3) is 2.89. The molecule has 0 bridgehead atoms. The van der Waals surface area contributed by atoms with Crippen LogP contribution < -0.4 is 16.0 Å². The predicted octanol–water partition coefficient (Wildman–Crippen LogP) is 1.35. The predicted molar refractivity (Wildman–Crippen MR) is 67.8 cm³/mol. The molecule has 88 valence electrons. The van der Waals surface area contributed by atoms with Crippen LogP contribution in [0.25, 0.3) is 0 Å². The summed E-state index contributed by atoms with van der Waals surface area (Å²) in [5.74, 6) is -0.355. The number of rotatable bonds is 4. The van der Waals surface area contributed by atoms with E-state index >= 15 is 0 Å². The lowest BCUT2D eigenvalue weighted by Gasteiger charge is -2.18. The van der Waals surface area contributed by atoms with E-state index in [1.54, 1.807) is 6.92 Å². The molecule has 1 rings (SSSR count). The van der Waals surface area contributed by atoms with Crippen molar-refractivity contribution in [3.8, 4) is 0 Å². The minimum atomic E-state index is -0.363. The molecule has 4 nitrogen and oxygen atoms in total. The summed E-state index contributed by atoms with van der Waals surface area (Å²) in [6.45, 7) is 3.80. The van der Waals surface area contributed by atoms with Gasteiger partial charge in [-0.15, -0.1) is 0 Å². The number of nitrogens with one attached hydrogen (secondary N) is 1. The van der Waals surface area contributed by atoms with Gasteiger partial charge in [0.2, 0.25) is 5.91 Å². The van der Waals surface area contributed by atoms with Crippen LogP contribution in [0, 0.1) is 6.92 Å². The van der Waals surface area contributed by atoms with Gasteiger partial charge in [0.05, 0.1) is 0 Å². The quantitative estimate of drug-likeness (QED) is 0.806. The van der Waals surface area contributed by atoms with Crippen LogP contribution >= 0.6 is 0 Å². The Balaban J connectivity index is 2.91. The van der Waals surface area contributed by atoms with Crippen LogP contribution in [0.15, 0.2) is 18.2 Å². The normalized spacial score (nSPS) is 12.0. The molecule has 3 N–H and O–H groups in total. The first-order chi connectivity index (χ1) is 7.41. The lowest BCUT2D eigenvalue weighted by Crippen LogP contribution is -2.32. The van der Waals surface area contributed by atoms with Crippen molar-refractivity contribution in [2.24, 2.45) is 5.73 Å². The van der Waals surface area contributed by atoms with Gasteiger partial charge < -0.3 is 16.0 Å². The fourth-order valence-electron chi connectivity index (χ4n) is 1.50. The maximum Gasteiger partial charge on any atom is 0.239 e. The molecule has 0 spiro atoms. The highest BCUT2D eigenvalue weighted by atomic mass is 16.1. The van der Waals surface area contributed by atoms with Gasteiger partial charge in [0.1, 0.15) is 6.04 Å². The minimum absolute atomic E-state index is 0.355. The summed E-state index contributed by atoms with van der Waals surface area (Å²) >= 11 is 0. The van der Waals surface area contributed by atoms with Crippen LogP contribution in [0.3, 0.4) is 0 Å². The van der Waals surface area contributed by atoms with Crippen molar-refractivity contribution in [3.05, 3.63) is 23.8 Å². The van der Waals surface area contributed by atoms with E-state index in [-0.39, 0.29) is 11.9 Å². The summed E-state index contributed by atoms with van der Waals surface area (Å²) in [6, 6.07) is 5.61. The molecular weight excluding hydrogens is 202 g/mol. The number of hydrogen-bond acceptors (Lipinski definition) is 3. The van der Waals surface area contributed by atoms with E-state index < -0.39 is 0 Å². The molecule has 0 fully saturated rings. The molecule has 1 atom stereocenters. The smallest absolute Gasteiger partial charge is 0.239 e. The van der Waals surface area contributed by atoms with Gasteiger partial charge in [-0.25, -0.2) is 0 Å². The monoisotopic (exact) mass is 221 g/mol. The van der Waals surface area contributed by atoms with Gasteiger partial charge in [-0.05, 0) is 31.5 Å². The molecule has 1 unspecified atom stereocenters. The van der Waals surface area contributed by atoms with Crippen LogP contribution in [0.4, 0.5) is 11.4 Å². The molecule has 1 amide bonds. The Morgan fingerprint density at radius 1 is 1.44 bits per heavy atom. The SMILES string of the molecule is Cc1ccc(NC(C)C(N)=O)cc1N(C)C. The molecule has 0 radical (unpaired) electrons. The number of benzene rings is 1. The number of amides is 1. The minimum Gasteiger partial charge on any atom is -0.377 e. The Bertz CT molecular complexity index is 388. The average Bonchev–Trinajstić information content (AvgIpc) is 2.20. The zero-order valence-corrected chi connectivity index (χ0v) is 10.2. The maximum atomic E-state index is 10.9. The number of anilines is 2. The van der Waals surface area contributed by atoms with Gasteiger partial charge in [-0.1, -0.05) is 6.07 Å². The number of primary amides is 1. The number of carbonyl (C=O) groups excluding carboxylic acids is 1. The van der Waals surface area contributed by atoms with E-state index in [0.717, 1.165) is 11.4 Å². The van der Waals surface area contributed by atoms with Crippen molar-refractivity contribution in [1.82, 2.24) is 0 Å². The van der Waals surface area contributed by atoms with E-state index in [2.05, 4.69) is 12.2 Å². The molecular formula is C12H19N3O. The number of carbonyl (C=O) groups is 1. The number of aryl methyl sites for hydroxylation is 1. The molecule has 4 heteroatoms. The Labute approximate surface area is 96.4 Å². The van der Waals surface area contributed by atoms with Gasteiger partial charge in [-0.2, -0.15) is 0 Å². The molecule has 0 aliphatic carbocycles. The van der Waals surface area contributed by atoms with Gasteiger partial charge in [0.25, 0.3) is 0 Å². The summed E-state index contributed by atoms with van der Waals surface area (Å²) in [6.07, 6.45) is 0. The maximum absolute atomic E-state index is 10.9. The first-order valence-electron chi connectivity index (χ1n) is 5.25. The van der Waals surface area contributed by atoms with Gasteiger partial charge in [-0.3, -0.25) is 4.79 Å². The van der Waals surface area contributed by atoms with Crippen molar-refractivity contribution < 1.29 is 4.79 Å². The topological polar surface area (TPSA) is 58.4 Å². The third-order valence-corrected chi connectivity index (χ3v) is 2.50. The van der Waals surface area contributed by atoms with Crippen molar-refractivity contribution in [2.45, 2.75) is 19.9 Å². The summed E-state index contributed by atoms with van der Waals surface area (Å²) in [7, 11) is 3.98. The van der Waals surface area contributed by atoms with Crippen LogP contribution in [-0.2, 0) is 4.79 Å². The molecule has 16 heavy (non-hydrogen) atoms. The van der Waals surface area contributed by atoms with E-state index in [1.807, 2.05) is 37.2 Å². The third-order valence-electron chi connectivity index (χ3n) is 2.50. The van der Waals surface area contributed by atoms with Crippen LogP contribution in [0.5, 0.6) is 0 Å². The van der Waals surface area contributed by atoms with E-state index in [4.69, 9.17) is 5.73 Å². The fraction of sp³-hybridized carbons (Fsp3) is 0.417. The second-order valence-electron chi connectivity index (χ2n) is 4.16. The summed E-state index contributed by atoms with van der Waals surface area (Å²) in [4.78, 5) is 13.0. The lowest BCUT2D eigenvalue weighted by molar-refractivity contribution is -0.118. The molecule has 1 aromatic carbocycles. The highest BCUT2D eigenvalue weighted by molar-refractivity contribution is 5.82. The van der Waals surface area contributed by atoms with Gasteiger partial charge >= 0.3 is 0 Å². The fourth-order valence-corrected chi connectivity index (χ4v) is 1.50. The molecule has 0 aromatic heterocycles. The molecule has 0 heterocycles. The molecule has 0 saturated heterocycles. The van der Waals surface area contributed by atoms with Crippen LogP contribution in [-0.4, -0.2) is 26.0 Å². The van der Waals surface area contributed by atoms with Crippen LogP contribution in [0.1, 0.15) is 12.5 Å². The largest absolute Gasteiger partial charge is 0.377 e. The summed E-state index contributed by atoms with van der Waals surface area (Å²) < 4.78 is 0. The Hall–Kier alpha value is -1.71. The van der Waals surface area contributed by atoms with E-state index in [1.165, 1.54) is 5.56 Å². The Morgan fingerprint density at radius 2 is 2.06 bits per heavy atom. The number of hydrogen-bond donors (Lipinski definition) is 2. The van der Waals surface area contributed by atoms with Gasteiger partial charge in [0.15, 0.2) is 0 Å². The second kappa shape index (κ2) is 4.88. The van der Waals surface area contributed by atoms with Gasteiger partial charge in [0, 0.05) is 25.5 Å². The van der Waals surface area contributed by atoms with E-state index in [0.29, 0.717) is 0 Å². The van der Waals surface area contributed by atoms with Crippen molar-refractivity contribution in [1.29, 1.82) is 0 Å². The highest BCUT2D eigenvalue weighted by Crippen LogP contribution is 2.22. The van der Waals surface area contributed by atoms with E-state index in [9.17, 15) is 4.79 Å². The zero-order valence-electron chi connectivity index (χ0n) is 10.2. The molecule has 0 aliphatic rings. The first kappa shape index (κ1) is 12.4. The van der Waals surface area contributed by atoms with Crippen LogP contribution in [0.2, 0.25) is 0 Å². The Morgan fingerprint density at radius 3 is 2.56 bits per heavy atom. The Kier molecular flexibility index (Phi) is 3.77. The van der Waals surface area contributed by atoms with Crippen molar-refractivity contribution in [3.63, 3.8) is 0 Å². The second-order valence-corrected chi connectivity index (χ2v) is 4.16. The number of nitrogens with zero attached hydrogens (tertiary/aromatic N) is 1. The standard InChI is InChI=1S/C12H19N3O/c1-8-5-6-10(7-11(8)15(3)4)14-9(2)12(13)16/h5-7,9,14H,1-4H3,(H2,13,16). The first-order valence-corrected chi connectivity index (χ1v) is 5.25. The lowest BCUT2D eigenvalue weighted by atomic mass is 10.1. The average molecular weight is 221 g/mol.